The average Bonchev–Trinajstić information content (AvgIpc) is 2.51. The van der Waals surface area contributed by atoms with E-state index in [4.69, 9.17) is 5.11 Å². The molecule has 2 aliphatic rings. The molecule has 2 unspecified atom stereocenters. The minimum absolute atomic E-state index is 0.0772. The molecule has 15 heavy (non-hydrogen) atoms. The molecule has 3 nitrogen and oxygen atoms in total. The van der Waals surface area contributed by atoms with Gasteiger partial charge in [0.15, 0.2) is 0 Å². The summed E-state index contributed by atoms with van der Waals surface area (Å²) in [5.74, 6) is 0.830. The van der Waals surface area contributed by atoms with Crippen molar-refractivity contribution in [3.05, 3.63) is 0 Å². The van der Waals surface area contributed by atoms with Crippen LogP contribution in [0.25, 0.3) is 0 Å². The van der Waals surface area contributed by atoms with E-state index < -0.39 is 5.97 Å². The Labute approximate surface area is 95.0 Å². The molecule has 2 rings (SSSR count). The van der Waals surface area contributed by atoms with Crippen LogP contribution in [-0.2, 0) is 4.79 Å². The van der Waals surface area contributed by atoms with Gasteiger partial charge < -0.3 is 5.11 Å². The zero-order valence-electron chi connectivity index (χ0n) is 9.16. The molecule has 4 heteroatoms. The fourth-order valence-electron chi connectivity index (χ4n) is 2.55. The van der Waals surface area contributed by atoms with E-state index >= 15 is 0 Å². The number of rotatable bonds is 1. The van der Waals surface area contributed by atoms with Crippen molar-refractivity contribution in [2.45, 2.75) is 49.9 Å². The highest BCUT2D eigenvalue weighted by Gasteiger charge is 2.42. The first-order valence-corrected chi connectivity index (χ1v) is 6.74. The van der Waals surface area contributed by atoms with Crippen molar-refractivity contribution in [3.63, 3.8) is 0 Å². The largest absolute Gasteiger partial charge is 0.480 e. The smallest absolute Gasteiger partial charge is 0.321 e. The van der Waals surface area contributed by atoms with Crippen molar-refractivity contribution in [2.75, 3.05) is 5.75 Å². The van der Waals surface area contributed by atoms with Crippen LogP contribution in [0, 0.1) is 5.92 Å². The summed E-state index contributed by atoms with van der Waals surface area (Å²) in [5.41, 5.74) is 0. The monoisotopic (exact) mass is 229 g/mol. The van der Waals surface area contributed by atoms with Crippen molar-refractivity contribution in [1.29, 1.82) is 0 Å². The van der Waals surface area contributed by atoms with Crippen LogP contribution >= 0.6 is 11.8 Å². The molecule has 1 saturated heterocycles. The van der Waals surface area contributed by atoms with Gasteiger partial charge in [0, 0.05) is 5.75 Å². The molecule has 1 aliphatic carbocycles. The van der Waals surface area contributed by atoms with E-state index in [1.54, 1.807) is 0 Å². The summed E-state index contributed by atoms with van der Waals surface area (Å²) in [6.07, 6.45) is 6.01. The molecule has 2 N–H and O–H groups in total. The van der Waals surface area contributed by atoms with Gasteiger partial charge in [-0.25, -0.2) is 0 Å². The molecule has 2 fully saturated rings. The highest BCUT2D eigenvalue weighted by atomic mass is 32.2. The third kappa shape index (κ3) is 2.48. The van der Waals surface area contributed by atoms with Crippen molar-refractivity contribution >= 4 is 17.7 Å². The van der Waals surface area contributed by atoms with E-state index in [2.05, 4.69) is 12.2 Å². The summed E-state index contributed by atoms with van der Waals surface area (Å²) in [6.45, 7) is 2.30. The number of carboxylic acid groups (broad SMARTS) is 1. The first kappa shape index (κ1) is 11.3. The Kier molecular flexibility index (Phi) is 3.26. The number of carbonyl (C=O) groups is 1. The number of carboxylic acids is 1. The molecule has 0 radical (unpaired) electrons. The quantitative estimate of drug-likeness (QED) is 0.722. The summed E-state index contributed by atoms with van der Waals surface area (Å²) < 4.78 is 0. The standard InChI is InChI=1S/C11H19NO2S/c1-8-3-2-5-11(6-4-8)12-9(7-15-11)10(13)14/h8-9,12H,2-7H2,1H3,(H,13,14)/t8?,9-,11?/m1/s1. The Morgan fingerprint density at radius 2 is 2.27 bits per heavy atom. The number of hydrogen-bond acceptors (Lipinski definition) is 3. The predicted octanol–water partition coefficient (Wildman–Crippen LogP) is 2.07. The summed E-state index contributed by atoms with van der Waals surface area (Å²) in [6, 6.07) is -0.330. The van der Waals surface area contributed by atoms with Crippen LogP contribution in [0.15, 0.2) is 0 Å². The zero-order valence-corrected chi connectivity index (χ0v) is 9.98. The Morgan fingerprint density at radius 1 is 1.47 bits per heavy atom. The molecule has 0 aromatic heterocycles. The van der Waals surface area contributed by atoms with E-state index in [1.807, 2.05) is 11.8 Å². The summed E-state index contributed by atoms with van der Waals surface area (Å²) in [4.78, 5) is 11.0. The Balaban J connectivity index is 1.99. The van der Waals surface area contributed by atoms with Crippen molar-refractivity contribution in [2.24, 2.45) is 5.92 Å². The van der Waals surface area contributed by atoms with Crippen LogP contribution in [0.5, 0.6) is 0 Å². The van der Waals surface area contributed by atoms with Crippen molar-refractivity contribution in [3.8, 4) is 0 Å². The van der Waals surface area contributed by atoms with Crippen LogP contribution in [0.3, 0.4) is 0 Å². The molecule has 1 spiro atoms. The maximum atomic E-state index is 10.9. The average molecular weight is 229 g/mol. The minimum Gasteiger partial charge on any atom is -0.480 e. The first-order valence-electron chi connectivity index (χ1n) is 5.76. The van der Waals surface area contributed by atoms with E-state index in [0.717, 1.165) is 24.5 Å². The molecule has 0 aromatic carbocycles. The van der Waals surface area contributed by atoms with Crippen molar-refractivity contribution in [1.82, 2.24) is 5.32 Å². The third-order valence-corrected chi connectivity index (χ3v) is 5.16. The van der Waals surface area contributed by atoms with Gasteiger partial charge >= 0.3 is 5.97 Å². The fourth-order valence-corrected chi connectivity index (χ4v) is 4.04. The summed E-state index contributed by atoms with van der Waals surface area (Å²) in [5, 5.41) is 12.3. The first-order chi connectivity index (χ1) is 7.11. The van der Waals surface area contributed by atoms with Crippen LogP contribution in [0.2, 0.25) is 0 Å². The second kappa shape index (κ2) is 4.34. The lowest BCUT2D eigenvalue weighted by atomic mass is 10.0. The SMILES string of the molecule is CC1CCCC2(CC1)N[C@@H](C(=O)O)CS2. The lowest BCUT2D eigenvalue weighted by molar-refractivity contribution is -0.138. The van der Waals surface area contributed by atoms with Gasteiger partial charge in [-0.3, -0.25) is 10.1 Å². The number of aliphatic carboxylic acids is 1. The van der Waals surface area contributed by atoms with Gasteiger partial charge in [0.05, 0.1) is 4.87 Å². The van der Waals surface area contributed by atoms with Gasteiger partial charge in [-0.1, -0.05) is 19.8 Å². The summed E-state index contributed by atoms with van der Waals surface area (Å²) >= 11 is 1.83. The molecule has 3 atom stereocenters. The molecule has 0 amide bonds. The molecule has 0 aromatic rings. The molecular weight excluding hydrogens is 210 g/mol. The highest BCUT2D eigenvalue weighted by molar-refractivity contribution is 8.00. The zero-order chi connectivity index (χ0) is 10.9. The van der Waals surface area contributed by atoms with E-state index in [1.165, 1.54) is 19.3 Å². The lowest BCUT2D eigenvalue weighted by Gasteiger charge is -2.27. The topological polar surface area (TPSA) is 49.3 Å². The van der Waals surface area contributed by atoms with E-state index in [-0.39, 0.29) is 10.9 Å². The second-order valence-electron chi connectivity index (χ2n) is 4.88. The van der Waals surface area contributed by atoms with Crippen LogP contribution in [0.4, 0.5) is 0 Å². The van der Waals surface area contributed by atoms with Gasteiger partial charge in [0.1, 0.15) is 6.04 Å². The summed E-state index contributed by atoms with van der Waals surface area (Å²) in [7, 11) is 0. The number of hydrogen-bond donors (Lipinski definition) is 2. The minimum atomic E-state index is -0.698. The van der Waals surface area contributed by atoms with Gasteiger partial charge in [-0.05, 0) is 25.2 Å². The van der Waals surface area contributed by atoms with E-state index in [9.17, 15) is 4.79 Å². The normalized spacial score (nSPS) is 41.7. The lowest BCUT2D eigenvalue weighted by Crippen LogP contribution is -2.44. The Morgan fingerprint density at radius 3 is 2.93 bits per heavy atom. The molecule has 86 valence electrons. The maximum Gasteiger partial charge on any atom is 0.321 e. The number of nitrogens with one attached hydrogen (secondary N) is 1. The molecule has 1 heterocycles. The van der Waals surface area contributed by atoms with Gasteiger partial charge in [-0.15, -0.1) is 11.8 Å². The van der Waals surface area contributed by atoms with E-state index in [0.29, 0.717) is 0 Å². The Bertz CT molecular complexity index is 259. The molecular formula is C11H19NO2S. The molecule has 1 aliphatic heterocycles. The molecule has 0 bridgehead atoms. The second-order valence-corrected chi connectivity index (χ2v) is 6.28. The van der Waals surface area contributed by atoms with Crippen molar-refractivity contribution < 1.29 is 9.90 Å². The fraction of sp³-hybridized carbons (Fsp3) is 0.909. The highest BCUT2D eigenvalue weighted by Crippen LogP contribution is 2.42. The third-order valence-electron chi connectivity index (χ3n) is 3.58. The predicted molar refractivity (Wildman–Crippen MR) is 62.0 cm³/mol. The number of thioether (sulfide) groups is 1. The van der Waals surface area contributed by atoms with Gasteiger partial charge in [0.25, 0.3) is 0 Å². The van der Waals surface area contributed by atoms with Crippen LogP contribution < -0.4 is 5.32 Å². The van der Waals surface area contributed by atoms with Crippen LogP contribution in [-0.4, -0.2) is 27.7 Å². The van der Waals surface area contributed by atoms with Gasteiger partial charge in [0.2, 0.25) is 0 Å². The van der Waals surface area contributed by atoms with Crippen LogP contribution in [0.1, 0.15) is 39.0 Å². The Hall–Kier alpha value is -0.220. The van der Waals surface area contributed by atoms with Gasteiger partial charge in [-0.2, -0.15) is 0 Å². The maximum absolute atomic E-state index is 10.9. The molecule has 1 saturated carbocycles.